The van der Waals surface area contributed by atoms with Crippen LogP contribution in [0.3, 0.4) is 0 Å². The molecule has 0 bridgehead atoms. The van der Waals surface area contributed by atoms with Crippen LogP contribution in [-0.2, 0) is 12.1 Å². The molecule has 4 aromatic rings. The summed E-state index contributed by atoms with van der Waals surface area (Å²) < 4.78 is 31.4. The molecule has 186 valence electrons. The summed E-state index contributed by atoms with van der Waals surface area (Å²) in [7, 11) is 1.77. The van der Waals surface area contributed by atoms with E-state index in [2.05, 4.69) is 15.2 Å². The number of rotatable bonds is 7. The van der Waals surface area contributed by atoms with Crippen LogP contribution in [0.2, 0.25) is 0 Å². The minimum Gasteiger partial charge on any atom is -0.381 e. The molecule has 1 N–H and O–H groups in total. The van der Waals surface area contributed by atoms with Gasteiger partial charge in [-0.1, -0.05) is 18.2 Å². The van der Waals surface area contributed by atoms with E-state index >= 15 is 0 Å². The van der Waals surface area contributed by atoms with Crippen LogP contribution in [0.25, 0.3) is 11.1 Å². The summed E-state index contributed by atoms with van der Waals surface area (Å²) in [4.78, 5) is 19.5. The van der Waals surface area contributed by atoms with Crippen LogP contribution in [0.15, 0.2) is 67.5 Å². The first kappa shape index (κ1) is 23.6. The van der Waals surface area contributed by atoms with Crippen molar-refractivity contribution in [1.29, 1.82) is 0 Å². The normalized spacial score (nSPS) is 16.4. The number of anilines is 1. The zero-order chi connectivity index (χ0) is 25.4. The van der Waals surface area contributed by atoms with Crippen LogP contribution >= 0.6 is 0 Å². The average Bonchev–Trinajstić information content (AvgIpc) is 3.62. The van der Waals surface area contributed by atoms with Gasteiger partial charge in [0.15, 0.2) is 0 Å². The van der Waals surface area contributed by atoms with Crippen molar-refractivity contribution < 1.29 is 18.7 Å². The quantitative estimate of drug-likeness (QED) is 0.426. The highest BCUT2D eigenvalue weighted by Crippen LogP contribution is 2.37. The van der Waals surface area contributed by atoms with E-state index in [1.54, 1.807) is 40.8 Å². The van der Waals surface area contributed by atoms with Crippen LogP contribution in [-0.4, -0.2) is 60.7 Å². The molecule has 1 fully saturated rings. The molecule has 2 amide bonds. The summed E-state index contributed by atoms with van der Waals surface area (Å²) in [5.41, 5.74) is 0.558. The van der Waals surface area contributed by atoms with Crippen molar-refractivity contribution >= 4 is 11.7 Å². The fourth-order valence-corrected chi connectivity index (χ4v) is 4.48. The number of hydrogen-bond donors (Lipinski definition) is 1. The number of carbonyl (C=O) groups excluding carboxylic acids is 1. The number of likely N-dealkylation sites (N-methyl/N-ethyl adjacent to an activating group) is 1. The lowest BCUT2D eigenvalue weighted by molar-refractivity contribution is -0.0368. The number of halogens is 2. The Morgan fingerprint density at radius 2 is 1.86 bits per heavy atom. The van der Waals surface area contributed by atoms with E-state index in [0.717, 1.165) is 28.9 Å². The Morgan fingerprint density at radius 3 is 2.50 bits per heavy atom. The standard InChI is InChI=1S/C25H25F2N7O2/c1-17(25(36,14-32-16-28-15-30-32)22-8-5-20(26)11-23(22)27)34-13-19(12-29-34)18-3-6-21(7-4-18)33-10-9-31(2)24(33)35/h3-8,11-13,15-17,36H,9-10,14H2,1-2H3/t17-,25-/m1/s1. The Morgan fingerprint density at radius 1 is 1.08 bits per heavy atom. The van der Waals surface area contributed by atoms with Crippen LogP contribution in [0, 0.1) is 11.6 Å². The first-order valence-electron chi connectivity index (χ1n) is 11.4. The monoisotopic (exact) mass is 493 g/mol. The highest BCUT2D eigenvalue weighted by atomic mass is 19.1. The van der Waals surface area contributed by atoms with Crippen LogP contribution in [0.1, 0.15) is 18.5 Å². The van der Waals surface area contributed by atoms with E-state index in [-0.39, 0.29) is 18.1 Å². The summed E-state index contributed by atoms with van der Waals surface area (Å²) in [6.07, 6.45) is 6.13. The lowest BCUT2D eigenvalue weighted by atomic mass is 9.86. The lowest BCUT2D eigenvalue weighted by Gasteiger charge is -2.34. The van der Waals surface area contributed by atoms with Gasteiger partial charge >= 0.3 is 6.03 Å². The molecule has 2 aromatic carbocycles. The first-order valence-corrected chi connectivity index (χ1v) is 11.4. The highest BCUT2D eigenvalue weighted by molar-refractivity contribution is 5.94. The van der Waals surface area contributed by atoms with E-state index in [9.17, 15) is 18.7 Å². The van der Waals surface area contributed by atoms with Gasteiger partial charge in [-0.05, 0) is 30.7 Å². The van der Waals surface area contributed by atoms with E-state index in [0.29, 0.717) is 13.1 Å². The molecule has 9 nitrogen and oxygen atoms in total. The lowest BCUT2D eigenvalue weighted by Crippen LogP contribution is -2.40. The Balaban J connectivity index is 1.44. The van der Waals surface area contributed by atoms with Crippen molar-refractivity contribution in [2.24, 2.45) is 0 Å². The summed E-state index contributed by atoms with van der Waals surface area (Å²) in [6.45, 7) is 2.89. The molecule has 1 saturated heterocycles. The van der Waals surface area contributed by atoms with Gasteiger partial charge in [-0.25, -0.2) is 23.2 Å². The number of benzene rings is 2. The Hall–Kier alpha value is -4.12. The fraction of sp³-hybridized carbons (Fsp3) is 0.280. The van der Waals surface area contributed by atoms with Crippen molar-refractivity contribution in [3.8, 4) is 11.1 Å². The number of amides is 2. The summed E-state index contributed by atoms with van der Waals surface area (Å²) in [5.74, 6) is -1.60. The topological polar surface area (TPSA) is 92.3 Å². The predicted molar refractivity (Wildman–Crippen MR) is 128 cm³/mol. The van der Waals surface area contributed by atoms with E-state index < -0.39 is 23.3 Å². The van der Waals surface area contributed by atoms with Crippen LogP contribution in [0.5, 0.6) is 0 Å². The summed E-state index contributed by atoms with van der Waals surface area (Å²) in [6, 6.07) is 9.84. The van der Waals surface area contributed by atoms with E-state index in [4.69, 9.17) is 0 Å². The third-order valence-corrected chi connectivity index (χ3v) is 6.69. The number of hydrogen-bond acceptors (Lipinski definition) is 5. The van der Waals surface area contributed by atoms with Gasteiger partial charge in [0.1, 0.15) is 29.9 Å². The molecule has 0 saturated carbocycles. The molecule has 2 atom stereocenters. The number of urea groups is 1. The second-order valence-electron chi connectivity index (χ2n) is 8.93. The minimum absolute atomic E-state index is 0.0379. The van der Waals surface area contributed by atoms with Gasteiger partial charge in [0.25, 0.3) is 0 Å². The van der Waals surface area contributed by atoms with Crippen LogP contribution in [0.4, 0.5) is 19.3 Å². The van der Waals surface area contributed by atoms with Gasteiger partial charge in [-0.2, -0.15) is 10.2 Å². The molecular weight excluding hydrogens is 468 g/mol. The third-order valence-electron chi connectivity index (χ3n) is 6.69. The molecule has 5 rings (SSSR count). The highest BCUT2D eigenvalue weighted by Gasteiger charge is 2.41. The second-order valence-corrected chi connectivity index (χ2v) is 8.93. The maximum Gasteiger partial charge on any atom is 0.324 e. The maximum absolute atomic E-state index is 14.8. The van der Waals surface area contributed by atoms with Gasteiger partial charge in [0, 0.05) is 49.2 Å². The van der Waals surface area contributed by atoms with Crippen molar-refractivity contribution in [3.05, 3.63) is 84.7 Å². The van der Waals surface area contributed by atoms with Gasteiger partial charge in [0.2, 0.25) is 0 Å². The molecule has 0 aliphatic carbocycles. The Bertz CT molecular complexity index is 1370. The van der Waals surface area contributed by atoms with Crippen molar-refractivity contribution in [2.75, 3.05) is 25.0 Å². The molecule has 0 radical (unpaired) electrons. The summed E-state index contributed by atoms with van der Waals surface area (Å²) in [5, 5.41) is 20.2. The minimum atomic E-state index is -1.82. The Labute approximate surface area is 206 Å². The number of aromatic nitrogens is 5. The first-order chi connectivity index (χ1) is 17.3. The average molecular weight is 494 g/mol. The van der Waals surface area contributed by atoms with E-state index in [1.165, 1.54) is 23.4 Å². The molecule has 1 aliphatic rings. The van der Waals surface area contributed by atoms with Crippen molar-refractivity contribution in [2.45, 2.75) is 25.1 Å². The summed E-state index contributed by atoms with van der Waals surface area (Å²) >= 11 is 0. The van der Waals surface area contributed by atoms with Gasteiger partial charge in [-0.15, -0.1) is 0 Å². The molecule has 0 spiro atoms. The van der Waals surface area contributed by atoms with Gasteiger partial charge in [0.05, 0.1) is 18.8 Å². The van der Waals surface area contributed by atoms with Crippen LogP contribution < -0.4 is 4.90 Å². The number of aliphatic hydroxyl groups is 1. The molecule has 36 heavy (non-hydrogen) atoms. The largest absolute Gasteiger partial charge is 0.381 e. The van der Waals surface area contributed by atoms with Gasteiger partial charge in [-0.3, -0.25) is 9.58 Å². The molecule has 2 aromatic heterocycles. The third kappa shape index (κ3) is 4.22. The number of carbonyl (C=O) groups is 1. The Kier molecular flexibility index (Phi) is 6.00. The zero-order valence-electron chi connectivity index (χ0n) is 19.8. The van der Waals surface area contributed by atoms with Gasteiger partial charge < -0.3 is 10.0 Å². The maximum atomic E-state index is 14.8. The molecule has 3 heterocycles. The zero-order valence-corrected chi connectivity index (χ0v) is 19.8. The van der Waals surface area contributed by atoms with Crippen molar-refractivity contribution in [3.63, 3.8) is 0 Å². The van der Waals surface area contributed by atoms with E-state index in [1.807, 2.05) is 24.3 Å². The molecule has 1 aliphatic heterocycles. The predicted octanol–water partition coefficient (Wildman–Crippen LogP) is 3.44. The van der Waals surface area contributed by atoms with Crippen molar-refractivity contribution in [1.82, 2.24) is 29.4 Å². The smallest absolute Gasteiger partial charge is 0.324 e. The number of nitrogens with zero attached hydrogens (tertiary/aromatic N) is 7. The molecular formula is C25H25F2N7O2. The molecule has 0 unspecified atom stereocenters. The fourth-order valence-electron chi connectivity index (χ4n) is 4.48. The SMILES string of the molecule is C[C@@H](n1cc(-c2ccc(N3CCN(C)C3=O)cc2)cn1)[C@](O)(Cn1cncn1)c1ccc(F)cc1F. The second kappa shape index (κ2) is 9.15. The molecule has 11 heteroatoms.